The zero-order valence-corrected chi connectivity index (χ0v) is 14.2. The number of aromatic nitrogens is 1. The van der Waals surface area contributed by atoms with E-state index in [9.17, 15) is 5.26 Å². The van der Waals surface area contributed by atoms with E-state index >= 15 is 0 Å². The van der Waals surface area contributed by atoms with Gasteiger partial charge in [0.15, 0.2) is 0 Å². The number of hydrogen-bond acceptors (Lipinski definition) is 1. The third-order valence-electron chi connectivity index (χ3n) is 4.24. The van der Waals surface area contributed by atoms with E-state index in [2.05, 4.69) is 61.7 Å². The molecule has 0 atom stereocenters. The van der Waals surface area contributed by atoms with Gasteiger partial charge in [0.05, 0.1) is 11.6 Å². The molecule has 0 aliphatic rings. The van der Waals surface area contributed by atoms with Gasteiger partial charge in [0.1, 0.15) is 0 Å². The first-order valence-corrected chi connectivity index (χ1v) is 8.03. The number of allylic oxidation sites excluding steroid dienone is 1. The van der Waals surface area contributed by atoms with Crippen LogP contribution >= 0.6 is 0 Å². The summed E-state index contributed by atoms with van der Waals surface area (Å²) in [7, 11) is 0. The minimum atomic E-state index is 0.681. The number of hydrogen-bond donors (Lipinski definition) is 0. The van der Waals surface area contributed by atoms with Crippen molar-refractivity contribution in [2.45, 2.75) is 20.8 Å². The van der Waals surface area contributed by atoms with Crippen molar-refractivity contribution in [2.24, 2.45) is 0 Å². The topological polar surface area (TPSA) is 28.7 Å². The van der Waals surface area contributed by atoms with Gasteiger partial charge in [0.25, 0.3) is 0 Å². The van der Waals surface area contributed by atoms with Gasteiger partial charge >= 0.3 is 0 Å². The standard InChI is InChI=1S/C22H20N2/c1-16-8-7-11-22(12-16)24-17(2)13-20(18(24)3)14-21(15-23)19-9-5-4-6-10-19/h4-14H,1-3H3/b21-14+. The Labute approximate surface area is 143 Å². The summed E-state index contributed by atoms with van der Waals surface area (Å²) in [6.45, 7) is 6.30. The monoisotopic (exact) mass is 312 g/mol. The Balaban J connectivity index is 2.10. The Kier molecular flexibility index (Phi) is 4.35. The van der Waals surface area contributed by atoms with E-state index < -0.39 is 0 Å². The first-order valence-electron chi connectivity index (χ1n) is 8.03. The van der Waals surface area contributed by atoms with Gasteiger partial charge in [-0.25, -0.2) is 0 Å². The highest BCUT2D eigenvalue weighted by molar-refractivity contribution is 5.90. The molecule has 0 saturated heterocycles. The first-order chi connectivity index (χ1) is 11.6. The zero-order chi connectivity index (χ0) is 17.1. The third kappa shape index (κ3) is 3.02. The molecule has 0 amide bonds. The summed E-state index contributed by atoms with van der Waals surface area (Å²) >= 11 is 0. The molecule has 0 bridgehead atoms. The summed E-state index contributed by atoms with van der Waals surface area (Å²) in [6.07, 6.45) is 1.98. The Morgan fingerprint density at radius 2 is 1.71 bits per heavy atom. The normalized spacial score (nSPS) is 11.3. The Morgan fingerprint density at radius 1 is 0.958 bits per heavy atom. The Morgan fingerprint density at radius 3 is 2.38 bits per heavy atom. The predicted octanol–water partition coefficient (Wildman–Crippen LogP) is 5.47. The summed E-state index contributed by atoms with van der Waals surface area (Å²) < 4.78 is 2.23. The van der Waals surface area contributed by atoms with Crippen molar-refractivity contribution in [2.75, 3.05) is 0 Å². The lowest BCUT2D eigenvalue weighted by Gasteiger charge is -2.10. The molecule has 0 spiro atoms. The van der Waals surface area contributed by atoms with Crippen LogP contribution in [-0.2, 0) is 0 Å². The van der Waals surface area contributed by atoms with Gasteiger partial charge in [-0.1, -0.05) is 42.5 Å². The van der Waals surface area contributed by atoms with Crippen molar-refractivity contribution in [1.29, 1.82) is 5.26 Å². The van der Waals surface area contributed by atoms with Crippen LogP contribution in [0.1, 0.15) is 28.1 Å². The van der Waals surface area contributed by atoms with E-state index in [-0.39, 0.29) is 0 Å². The van der Waals surface area contributed by atoms with E-state index in [1.54, 1.807) is 0 Å². The smallest absolute Gasteiger partial charge is 0.0998 e. The van der Waals surface area contributed by atoms with Crippen LogP contribution in [0.2, 0.25) is 0 Å². The molecule has 3 aromatic rings. The van der Waals surface area contributed by atoms with Crippen LogP contribution in [0.4, 0.5) is 0 Å². The molecule has 0 N–H and O–H groups in total. The molecule has 2 aromatic carbocycles. The van der Waals surface area contributed by atoms with Gasteiger partial charge < -0.3 is 4.57 Å². The number of nitriles is 1. The quantitative estimate of drug-likeness (QED) is 0.590. The fourth-order valence-corrected chi connectivity index (χ4v) is 3.05. The van der Waals surface area contributed by atoms with Crippen LogP contribution in [-0.4, -0.2) is 4.57 Å². The lowest BCUT2D eigenvalue weighted by Crippen LogP contribution is -1.99. The van der Waals surface area contributed by atoms with Crippen molar-refractivity contribution in [3.05, 3.63) is 88.7 Å². The van der Waals surface area contributed by atoms with Crippen LogP contribution in [0.3, 0.4) is 0 Å². The highest BCUT2D eigenvalue weighted by Gasteiger charge is 2.11. The first kappa shape index (κ1) is 15.8. The summed E-state index contributed by atoms with van der Waals surface area (Å²) in [5.74, 6) is 0. The minimum Gasteiger partial charge on any atom is -0.318 e. The molecule has 0 aliphatic heterocycles. The summed E-state index contributed by atoms with van der Waals surface area (Å²) in [4.78, 5) is 0. The van der Waals surface area contributed by atoms with Crippen LogP contribution in [0.15, 0.2) is 60.7 Å². The van der Waals surface area contributed by atoms with E-state index in [4.69, 9.17) is 0 Å². The molecule has 2 heteroatoms. The molecule has 3 rings (SSSR count). The molecule has 0 fully saturated rings. The van der Waals surface area contributed by atoms with Gasteiger partial charge in [-0.2, -0.15) is 5.26 Å². The molecule has 0 radical (unpaired) electrons. The zero-order valence-electron chi connectivity index (χ0n) is 14.2. The second-order valence-corrected chi connectivity index (χ2v) is 6.04. The Bertz CT molecular complexity index is 938. The van der Waals surface area contributed by atoms with E-state index in [0.717, 1.165) is 28.2 Å². The van der Waals surface area contributed by atoms with Crippen molar-refractivity contribution in [3.63, 3.8) is 0 Å². The average molecular weight is 312 g/mol. The van der Waals surface area contributed by atoms with Gasteiger partial charge in [-0.15, -0.1) is 0 Å². The second-order valence-electron chi connectivity index (χ2n) is 6.04. The van der Waals surface area contributed by atoms with E-state index in [1.807, 2.05) is 36.4 Å². The summed E-state index contributed by atoms with van der Waals surface area (Å²) in [5, 5.41) is 9.54. The lowest BCUT2D eigenvalue weighted by molar-refractivity contribution is 0.962. The van der Waals surface area contributed by atoms with Crippen LogP contribution in [0.5, 0.6) is 0 Å². The highest BCUT2D eigenvalue weighted by Crippen LogP contribution is 2.25. The number of rotatable bonds is 3. The maximum Gasteiger partial charge on any atom is 0.0998 e. The van der Waals surface area contributed by atoms with Gasteiger partial charge in [-0.05, 0) is 61.7 Å². The van der Waals surface area contributed by atoms with Gasteiger partial charge in [0.2, 0.25) is 0 Å². The number of benzene rings is 2. The third-order valence-corrected chi connectivity index (χ3v) is 4.24. The predicted molar refractivity (Wildman–Crippen MR) is 99.9 cm³/mol. The lowest BCUT2D eigenvalue weighted by atomic mass is 10.0. The van der Waals surface area contributed by atoms with Crippen molar-refractivity contribution >= 4 is 11.6 Å². The molecule has 118 valence electrons. The number of nitrogens with zero attached hydrogens (tertiary/aromatic N) is 2. The molecule has 2 nitrogen and oxygen atoms in total. The van der Waals surface area contributed by atoms with Crippen LogP contribution in [0.25, 0.3) is 17.3 Å². The maximum absolute atomic E-state index is 9.54. The van der Waals surface area contributed by atoms with Gasteiger partial charge in [-0.3, -0.25) is 0 Å². The van der Waals surface area contributed by atoms with Gasteiger partial charge in [0, 0.05) is 17.1 Å². The van der Waals surface area contributed by atoms with E-state index in [0.29, 0.717) is 5.57 Å². The molecule has 24 heavy (non-hydrogen) atoms. The van der Waals surface area contributed by atoms with E-state index in [1.165, 1.54) is 5.56 Å². The van der Waals surface area contributed by atoms with Crippen molar-refractivity contribution in [3.8, 4) is 11.8 Å². The minimum absolute atomic E-state index is 0.681. The summed E-state index contributed by atoms with van der Waals surface area (Å²) in [5.41, 5.74) is 7.40. The SMILES string of the molecule is Cc1cccc(-n2c(C)cc(/C=C(\C#N)c3ccccc3)c2C)c1. The Hall–Kier alpha value is -3.05. The molecule has 0 unspecified atom stereocenters. The molecular formula is C22H20N2. The molecule has 0 aliphatic carbocycles. The fourth-order valence-electron chi connectivity index (χ4n) is 3.05. The number of aryl methyl sites for hydroxylation is 2. The molecular weight excluding hydrogens is 292 g/mol. The molecule has 1 aromatic heterocycles. The summed E-state index contributed by atoms with van der Waals surface area (Å²) in [6, 6.07) is 22.7. The van der Waals surface area contributed by atoms with Crippen molar-refractivity contribution in [1.82, 2.24) is 4.57 Å². The fraction of sp³-hybridized carbons (Fsp3) is 0.136. The molecule has 0 saturated carbocycles. The van der Waals surface area contributed by atoms with Crippen LogP contribution in [0, 0.1) is 32.1 Å². The maximum atomic E-state index is 9.54. The second kappa shape index (κ2) is 6.60. The largest absolute Gasteiger partial charge is 0.318 e. The van der Waals surface area contributed by atoms with Crippen molar-refractivity contribution < 1.29 is 0 Å². The molecule has 1 heterocycles. The highest BCUT2D eigenvalue weighted by atomic mass is 15.0. The average Bonchev–Trinajstić information content (AvgIpc) is 2.87. The van der Waals surface area contributed by atoms with Crippen LogP contribution < -0.4 is 0 Å².